The summed E-state index contributed by atoms with van der Waals surface area (Å²) < 4.78 is 120. The van der Waals surface area contributed by atoms with E-state index in [0.29, 0.717) is 5.56 Å². The molecule has 0 unspecified atom stereocenters. The number of amides is 1. The van der Waals surface area contributed by atoms with Crippen LogP contribution < -0.4 is 10.6 Å². The van der Waals surface area contributed by atoms with E-state index in [9.17, 15) is 49.4 Å². The predicted octanol–water partition coefficient (Wildman–Crippen LogP) is 5.61. The molecule has 0 aromatic heterocycles. The van der Waals surface area contributed by atoms with E-state index < -0.39 is 47.4 Å². The van der Waals surface area contributed by atoms with Gasteiger partial charge in [-0.15, -0.1) is 0 Å². The summed E-state index contributed by atoms with van der Waals surface area (Å²) in [4.78, 5) is 11.3. The lowest BCUT2D eigenvalue weighted by atomic mass is 9.89. The van der Waals surface area contributed by atoms with Crippen LogP contribution in [-0.2, 0) is 29.3 Å². The van der Waals surface area contributed by atoms with Crippen LogP contribution in [0.25, 0.3) is 0 Å². The number of alkyl halides is 9. The number of carbonyl (C=O) groups is 1. The van der Waals surface area contributed by atoms with Gasteiger partial charge in [-0.25, -0.2) is 0 Å². The summed E-state index contributed by atoms with van der Waals surface area (Å²) in [5.41, 5.74) is -9.10. The van der Waals surface area contributed by atoms with Gasteiger partial charge in [0.25, 0.3) is 0 Å². The molecule has 188 valence electrons. The average molecular weight is 502 g/mol. The number of benzene rings is 2. The van der Waals surface area contributed by atoms with Crippen molar-refractivity contribution >= 4 is 11.6 Å². The lowest BCUT2D eigenvalue weighted by Gasteiger charge is -2.32. The third kappa shape index (κ3) is 6.55. The van der Waals surface area contributed by atoms with Crippen molar-refractivity contribution in [3.63, 3.8) is 0 Å². The first-order valence-corrected chi connectivity index (χ1v) is 9.66. The highest BCUT2D eigenvalue weighted by Crippen LogP contribution is 2.44. The molecule has 1 amide bonds. The lowest BCUT2D eigenvalue weighted by molar-refractivity contribution is -0.261. The molecule has 2 rings (SSSR count). The van der Waals surface area contributed by atoms with Crippen LogP contribution in [-0.4, -0.2) is 23.7 Å². The molecule has 0 heterocycles. The van der Waals surface area contributed by atoms with E-state index in [2.05, 4.69) is 10.6 Å². The van der Waals surface area contributed by atoms with Gasteiger partial charge in [0.15, 0.2) is 0 Å². The maximum absolute atomic E-state index is 13.7. The second-order valence-electron chi connectivity index (χ2n) is 7.33. The Morgan fingerprint density at radius 2 is 1.29 bits per heavy atom. The van der Waals surface area contributed by atoms with E-state index in [1.807, 2.05) is 0 Å². The summed E-state index contributed by atoms with van der Waals surface area (Å²) in [6.07, 6.45) is -16.2. The van der Waals surface area contributed by atoms with Gasteiger partial charge in [0.05, 0.1) is 17.7 Å². The third-order valence-corrected chi connectivity index (χ3v) is 4.85. The molecule has 0 bridgehead atoms. The van der Waals surface area contributed by atoms with Crippen LogP contribution >= 0.6 is 0 Å². The zero-order valence-electron chi connectivity index (χ0n) is 17.4. The molecule has 0 radical (unpaired) electrons. The van der Waals surface area contributed by atoms with Crippen LogP contribution in [0.1, 0.15) is 35.6 Å². The number of aliphatic hydroxyl groups is 1. The van der Waals surface area contributed by atoms with Gasteiger partial charge in [-0.05, 0) is 41.5 Å². The number of anilines is 1. The molecule has 0 spiro atoms. The van der Waals surface area contributed by atoms with Crippen molar-refractivity contribution in [2.75, 3.05) is 11.9 Å². The first-order chi connectivity index (χ1) is 15.5. The summed E-state index contributed by atoms with van der Waals surface area (Å²) in [6.45, 7) is 0.289. The Morgan fingerprint density at radius 3 is 1.71 bits per heavy atom. The zero-order chi connectivity index (χ0) is 25.9. The largest absolute Gasteiger partial charge is 0.423 e. The highest BCUT2D eigenvalue weighted by atomic mass is 19.4. The van der Waals surface area contributed by atoms with Crippen molar-refractivity contribution in [1.82, 2.24) is 5.32 Å². The molecule has 4 nitrogen and oxygen atoms in total. The lowest BCUT2D eigenvalue weighted by Crippen LogP contribution is -2.48. The molecule has 2 aromatic carbocycles. The van der Waals surface area contributed by atoms with Crippen molar-refractivity contribution in [2.45, 2.75) is 44.0 Å². The topological polar surface area (TPSA) is 61.4 Å². The van der Waals surface area contributed by atoms with Crippen molar-refractivity contribution in [2.24, 2.45) is 0 Å². The summed E-state index contributed by atoms with van der Waals surface area (Å²) in [5, 5.41) is 15.1. The Balaban J connectivity index is 2.38. The van der Waals surface area contributed by atoms with Crippen molar-refractivity contribution in [3.8, 4) is 0 Å². The van der Waals surface area contributed by atoms with E-state index in [0.717, 1.165) is 0 Å². The third-order valence-electron chi connectivity index (χ3n) is 4.85. The minimum Gasteiger partial charge on any atom is -0.381 e. The standard InChI is InChI=1S/C21H19F9N2O2/c1-2-17(33)31-10-12-3-5-16(6-4-12)32-11-18(34,21(28,29)30)13-7-14(19(22,23)24)9-15(8-13)20(25,26)27/h3-9,32,34H,2,10-11H2,1H3,(H,31,33)/t18-/m0/s1. The molecule has 34 heavy (non-hydrogen) atoms. The Kier molecular flexibility index (Phi) is 7.80. The number of hydrogen-bond donors (Lipinski definition) is 3. The Labute approximate surface area is 187 Å². The van der Waals surface area contributed by atoms with Gasteiger partial charge >= 0.3 is 18.5 Å². The Bertz CT molecular complexity index is 967. The van der Waals surface area contributed by atoms with Crippen LogP contribution in [0.15, 0.2) is 42.5 Å². The first-order valence-electron chi connectivity index (χ1n) is 9.66. The monoisotopic (exact) mass is 502 g/mol. The molecular weight excluding hydrogens is 483 g/mol. The van der Waals surface area contributed by atoms with Crippen molar-refractivity contribution < 1.29 is 49.4 Å². The summed E-state index contributed by atoms with van der Waals surface area (Å²) >= 11 is 0. The van der Waals surface area contributed by atoms with Gasteiger partial charge in [-0.2, -0.15) is 39.5 Å². The van der Waals surface area contributed by atoms with Gasteiger partial charge < -0.3 is 15.7 Å². The highest BCUT2D eigenvalue weighted by Gasteiger charge is 2.56. The van der Waals surface area contributed by atoms with Crippen LogP contribution in [0.2, 0.25) is 0 Å². The van der Waals surface area contributed by atoms with Gasteiger partial charge in [-0.3, -0.25) is 4.79 Å². The number of carbonyl (C=O) groups excluding carboxylic acids is 1. The molecule has 1 atom stereocenters. The molecule has 0 fully saturated rings. The Hall–Kier alpha value is -2.96. The van der Waals surface area contributed by atoms with Crippen LogP contribution in [0.3, 0.4) is 0 Å². The number of rotatable bonds is 7. The number of halogens is 9. The summed E-state index contributed by atoms with van der Waals surface area (Å²) in [6, 6.07) is 4.75. The fraction of sp³-hybridized carbons (Fsp3) is 0.381. The molecular formula is C21H19F9N2O2. The predicted molar refractivity (Wildman–Crippen MR) is 103 cm³/mol. The fourth-order valence-corrected chi connectivity index (χ4v) is 2.86. The highest BCUT2D eigenvalue weighted by molar-refractivity contribution is 5.75. The van der Waals surface area contributed by atoms with Gasteiger partial charge in [0.2, 0.25) is 11.5 Å². The average Bonchev–Trinajstić information content (AvgIpc) is 2.74. The molecule has 0 aliphatic heterocycles. The number of nitrogens with one attached hydrogen (secondary N) is 2. The van der Waals surface area contributed by atoms with E-state index in [1.165, 1.54) is 24.3 Å². The quantitative estimate of drug-likeness (QED) is 0.432. The van der Waals surface area contributed by atoms with Crippen LogP contribution in [0, 0.1) is 0 Å². The van der Waals surface area contributed by atoms with E-state index >= 15 is 0 Å². The van der Waals surface area contributed by atoms with Gasteiger partial charge in [-0.1, -0.05) is 19.1 Å². The summed E-state index contributed by atoms with van der Waals surface area (Å²) in [5.74, 6) is -0.239. The molecule has 2 aromatic rings. The van der Waals surface area contributed by atoms with Crippen molar-refractivity contribution in [1.29, 1.82) is 0 Å². The normalized spacial score (nSPS) is 14.4. The maximum Gasteiger partial charge on any atom is 0.423 e. The van der Waals surface area contributed by atoms with Crippen LogP contribution in [0.4, 0.5) is 45.2 Å². The minimum absolute atomic E-state index is 0.00346. The van der Waals surface area contributed by atoms with Gasteiger partial charge in [0, 0.05) is 18.7 Å². The van der Waals surface area contributed by atoms with E-state index in [-0.39, 0.29) is 42.8 Å². The number of hydrogen-bond acceptors (Lipinski definition) is 3. The fourth-order valence-electron chi connectivity index (χ4n) is 2.86. The molecule has 0 aliphatic rings. The zero-order valence-corrected chi connectivity index (χ0v) is 17.4. The SMILES string of the molecule is CCC(=O)NCc1ccc(NC[C@](O)(c2cc(C(F)(F)F)cc(C(F)(F)F)c2)C(F)(F)F)cc1. The van der Waals surface area contributed by atoms with Gasteiger partial charge in [0.1, 0.15) is 0 Å². The molecule has 3 N–H and O–H groups in total. The molecule has 13 heteroatoms. The summed E-state index contributed by atoms with van der Waals surface area (Å²) in [7, 11) is 0. The second-order valence-corrected chi connectivity index (χ2v) is 7.33. The van der Waals surface area contributed by atoms with E-state index in [1.54, 1.807) is 6.92 Å². The molecule has 0 saturated heterocycles. The van der Waals surface area contributed by atoms with Crippen molar-refractivity contribution in [3.05, 3.63) is 64.7 Å². The maximum atomic E-state index is 13.7. The van der Waals surface area contributed by atoms with Crippen LogP contribution in [0.5, 0.6) is 0 Å². The Morgan fingerprint density at radius 1 is 0.824 bits per heavy atom. The molecule has 0 saturated carbocycles. The smallest absolute Gasteiger partial charge is 0.381 e. The minimum atomic E-state index is -5.63. The second kappa shape index (κ2) is 9.72. The first kappa shape index (κ1) is 27.3. The molecule has 0 aliphatic carbocycles. The van der Waals surface area contributed by atoms with E-state index in [4.69, 9.17) is 0 Å².